The van der Waals surface area contributed by atoms with Crippen molar-refractivity contribution in [2.24, 2.45) is 0 Å². The number of nitrogens with zero attached hydrogens (tertiary/aromatic N) is 1. The predicted octanol–water partition coefficient (Wildman–Crippen LogP) is 3.84. The summed E-state index contributed by atoms with van der Waals surface area (Å²) in [6, 6.07) is 5.50. The zero-order chi connectivity index (χ0) is 13.7. The van der Waals surface area contributed by atoms with Crippen molar-refractivity contribution >= 4 is 0 Å². The lowest BCUT2D eigenvalue weighted by molar-refractivity contribution is 0.434. The Hall–Kier alpha value is -1.47. The third-order valence-corrected chi connectivity index (χ3v) is 3.66. The lowest BCUT2D eigenvalue weighted by Gasteiger charge is -2.20. The average Bonchev–Trinajstić information content (AvgIpc) is 2.68. The second-order valence-electron chi connectivity index (χ2n) is 5.09. The molecule has 0 saturated heterocycles. The Kier molecular flexibility index (Phi) is 4.86. The first-order valence-electron chi connectivity index (χ1n) is 6.81. The molecule has 2 nitrogen and oxygen atoms in total. The highest BCUT2D eigenvalue weighted by atomic mass is 19.2. The number of benzene rings is 1. The molecular weight excluding hydrogens is 246 g/mol. The monoisotopic (exact) mass is 264 g/mol. The van der Waals surface area contributed by atoms with Gasteiger partial charge in [-0.3, -0.25) is 5.32 Å². The van der Waals surface area contributed by atoms with Crippen molar-refractivity contribution in [3.63, 3.8) is 0 Å². The van der Waals surface area contributed by atoms with Crippen LogP contribution in [-0.2, 0) is 0 Å². The molecule has 1 aliphatic carbocycles. The predicted molar refractivity (Wildman–Crippen MR) is 69.3 cm³/mol. The van der Waals surface area contributed by atoms with E-state index in [9.17, 15) is 14.0 Å². The van der Waals surface area contributed by atoms with E-state index >= 15 is 0 Å². The van der Waals surface area contributed by atoms with Gasteiger partial charge in [0.05, 0.1) is 6.07 Å². The molecule has 0 aromatic heterocycles. The molecule has 1 aliphatic rings. The largest absolute Gasteiger partial charge is 0.295 e. The van der Waals surface area contributed by atoms with Gasteiger partial charge in [0.15, 0.2) is 11.6 Å². The van der Waals surface area contributed by atoms with Gasteiger partial charge in [0.1, 0.15) is 6.04 Å². The molecule has 0 aliphatic heterocycles. The molecule has 1 fully saturated rings. The lowest BCUT2D eigenvalue weighted by atomic mass is 10.0. The van der Waals surface area contributed by atoms with Crippen LogP contribution in [0.25, 0.3) is 0 Å². The van der Waals surface area contributed by atoms with Crippen LogP contribution in [0.1, 0.15) is 50.1 Å². The van der Waals surface area contributed by atoms with Crippen molar-refractivity contribution < 1.29 is 8.78 Å². The number of hydrogen-bond acceptors (Lipinski definition) is 2. The van der Waals surface area contributed by atoms with E-state index in [0.29, 0.717) is 11.6 Å². The van der Waals surface area contributed by atoms with Crippen LogP contribution in [0.15, 0.2) is 18.2 Å². The molecule has 1 N–H and O–H groups in total. The van der Waals surface area contributed by atoms with Crippen LogP contribution in [0.4, 0.5) is 8.78 Å². The SMILES string of the molecule is N#CC(NC1CCCCCC1)c1ccc(F)c(F)c1. The summed E-state index contributed by atoms with van der Waals surface area (Å²) in [7, 11) is 0. The molecule has 0 bridgehead atoms. The highest BCUT2D eigenvalue weighted by molar-refractivity contribution is 5.25. The third-order valence-electron chi connectivity index (χ3n) is 3.66. The van der Waals surface area contributed by atoms with Crippen LogP contribution < -0.4 is 5.32 Å². The van der Waals surface area contributed by atoms with Crippen molar-refractivity contribution in [3.8, 4) is 6.07 Å². The van der Waals surface area contributed by atoms with Gasteiger partial charge in [0.2, 0.25) is 0 Å². The topological polar surface area (TPSA) is 35.8 Å². The summed E-state index contributed by atoms with van der Waals surface area (Å²) in [5.74, 6) is -1.78. The fourth-order valence-corrected chi connectivity index (χ4v) is 2.58. The molecule has 1 unspecified atom stereocenters. The summed E-state index contributed by atoms with van der Waals surface area (Å²) in [4.78, 5) is 0. The Bertz CT molecular complexity index is 460. The minimum absolute atomic E-state index is 0.292. The number of nitrogens with one attached hydrogen (secondary N) is 1. The van der Waals surface area contributed by atoms with Gasteiger partial charge in [-0.15, -0.1) is 0 Å². The van der Waals surface area contributed by atoms with E-state index in [1.165, 1.54) is 18.9 Å². The molecule has 4 heteroatoms. The molecule has 102 valence electrons. The van der Waals surface area contributed by atoms with Crippen molar-refractivity contribution in [2.45, 2.75) is 50.6 Å². The summed E-state index contributed by atoms with van der Waals surface area (Å²) in [6.45, 7) is 0. The van der Waals surface area contributed by atoms with Gasteiger partial charge in [-0.05, 0) is 30.5 Å². The number of hydrogen-bond donors (Lipinski definition) is 1. The maximum Gasteiger partial charge on any atom is 0.159 e. The number of nitriles is 1. The zero-order valence-corrected chi connectivity index (χ0v) is 10.8. The summed E-state index contributed by atoms with van der Waals surface area (Å²) >= 11 is 0. The van der Waals surface area contributed by atoms with E-state index in [1.54, 1.807) is 0 Å². The van der Waals surface area contributed by atoms with E-state index in [4.69, 9.17) is 0 Å². The first kappa shape index (κ1) is 14.0. The van der Waals surface area contributed by atoms with E-state index in [1.807, 2.05) is 0 Å². The van der Waals surface area contributed by atoms with Gasteiger partial charge < -0.3 is 0 Å². The molecule has 2 rings (SSSR count). The maximum absolute atomic E-state index is 13.2. The molecule has 0 amide bonds. The first-order chi connectivity index (χ1) is 9.20. The minimum Gasteiger partial charge on any atom is -0.295 e. The molecule has 1 aromatic rings. The van der Waals surface area contributed by atoms with E-state index in [2.05, 4.69) is 11.4 Å². The molecule has 1 aromatic carbocycles. The van der Waals surface area contributed by atoms with Gasteiger partial charge >= 0.3 is 0 Å². The van der Waals surface area contributed by atoms with Crippen molar-refractivity contribution in [1.82, 2.24) is 5.32 Å². The summed E-state index contributed by atoms with van der Waals surface area (Å²) < 4.78 is 26.1. The number of rotatable bonds is 3. The van der Waals surface area contributed by atoms with Crippen molar-refractivity contribution in [1.29, 1.82) is 5.26 Å². The van der Waals surface area contributed by atoms with Gasteiger partial charge in [0, 0.05) is 6.04 Å². The van der Waals surface area contributed by atoms with E-state index in [0.717, 1.165) is 37.8 Å². The summed E-state index contributed by atoms with van der Waals surface area (Å²) in [6.07, 6.45) is 6.88. The third kappa shape index (κ3) is 3.74. The van der Waals surface area contributed by atoms with Gasteiger partial charge in [-0.2, -0.15) is 5.26 Å². The summed E-state index contributed by atoms with van der Waals surface area (Å²) in [5, 5.41) is 12.5. The van der Waals surface area contributed by atoms with Crippen LogP contribution in [0.3, 0.4) is 0 Å². The first-order valence-corrected chi connectivity index (χ1v) is 6.81. The standard InChI is InChI=1S/C15H18F2N2/c16-13-8-7-11(9-14(13)17)15(10-18)19-12-5-3-1-2-4-6-12/h7-9,12,15,19H,1-6H2. The lowest BCUT2D eigenvalue weighted by Crippen LogP contribution is -2.31. The molecule has 1 saturated carbocycles. The van der Waals surface area contributed by atoms with Crippen LogP contribution >= 0.6 is 0 Å². The summed E-state index contributed by atoms with van der Waals surface area (Å²) in [5.41, 5.74) is 0.491. The Morgan fingerprint density at radius 2 is 1.79 bits per heavy atom. The fraction of sp³-hybridized carbons (Fsp3) is 0.533. The quantitative estimate of drug-likeness (QED) is 0.842. The molecule has 0 spiro atoms. The van der Waals surface area contributed by atoms with Crippen LogP contribution in [-0.4, -0.2) is 6.04 Å². The second-order valence-corrected chi connectivity index (χ2v) is 5.09. The Morgan fingerprint density at radius 1 is 1.11 bits per heavy atom. The van der Waals surface area contributed by atoms with E-state index in [-0.39, 0.29) is 0 Å². The molecule has 0 heterocycles. The van der Waals surface area contributed by atoms with Gasteiger partial charge in [-0.1, -0.05) is 31.7 Å². The van der Waals surface area contributed by atoms with E-state index < -0.39 is 17.7 Å². The second kappa shape index (κ2) is 6.63. The molecule has 1 atom stereocenters. The molecular formula is C15H18F2N2. The smallest absolute Gasteiger partial charge is 0.159 e. The van der Waals surface area contributed by atoms with Gasteiger partial charge in [0.25, 0.3) is 0 Å². The molecule has 0 radical (unpaired) electrons. The normalized spacial score (nSPS) is 18.6. The average molecular weight is 264 g/mol. The van der Waals surface area contributed by atoms with Crippen LogP contribution in [0, 0.1) is 23.0 Å². The van der Waals surface area contributed by atoms with Crippen LogP contribution in [0.2, 0.25) is 0 Å². The fourth-order valence-electron chi connectivity index (χ4n) is 2.58. The Labute approximate surface area is 112 Å². The van der Waals surface area contributed by atoms with Crippen LogP contribution in [0.5, 0.6) is 0 Å². The minimum atomic E-state index is -0.902. The number of halogens is 2. The highest BCUT2D eigenvalue weighted by Gasteiger charge is 2.19. The van der Waals surface area contributed by atoms with Gasteiger partial charge in [-0.25, -0.2) is 8.78 Å². The van der Waals surface area contributed by atoms with Crippen molar-refractivity contribution in [2.75, 3.05) is 0 Å². The molecule has 19 heavy (non-hydrogen) atoms. The highest BCUT2D eigenvalue weighted by Crippen LogP contribution is 2.22. The maximum atomic E-state index is 13.2. The Balaban J connectivity index is 2.06. The zero-order valence-electron chi connectivity index (χ0n) is 10.8. The Morgan fingerprint density at radius 3 is 2.37 bits per heavy atom. The van der Waals surface area contributed by atoms with Crippen molar-refractivity contribution in [3.05, 3.63) is 35.4 Å².